The molecule has 0 aliphatic carbocycles. The van der Waals surface area contributed by atoms with E-state index in [0.29, 0.717) is 0 Å². The van der Waals surface area contributed by atoms with Crippen molar-refractivity contribution < 1.29 is 4.92 Å². The largest absolute Gasteiger partial charge is 0.379 e. The van der Waals surface area contributed by atoms with E-state index in [2.05, 4.69) is 11.4 Å². The van der Waals surface area contributed by atoms with Crippen LogP contribution < -0.4 is 5.32 Å². The molecule has 2 aromatic rings. The summed E-state index contributed by atoms with van der Waals surface area (Å²) in [5.74, 6) is 0. The molecule has 1 unspecified atom stereocenters. The Hall–Kier alpha value is -2.62. The van der Waals surface area contributed by atoms with Gasteiger partial charge in [-0.2, -0.15) is 0 Å². The zero-order chi connectivity index (χ0) is 14.4. The third kappa shape index (κ3) is 3.95. The lowest BCUT2D eigenvalue weighted by molar-refractivity contribution is -0.384. The summed E-state index contributed by atoms with van der Waals surface area (Å²) in [6.07, 6.45) is 4.10. The predicted molar refractivity (Wildman–Crippen MR) is 81.7 cm³/mol. The van der Waals surface area contributed by atoms with Crippen LogP contribution in [0.15, 0.2) is 60.7 Å². The molecule has 102 valence electrons. The summed E-state index contributed by atoms with van der Waals surface area (Å²) in [6, 6.07) is 16.6. The lowest BCUT2D eigenvalue weighted by atomic mass is 10.2. The highest BCUT2D eigenvalue weighted by molar-refractivity contribution is 5.53. The van der Waals surface area contributed by atoms with Gasteiger partial charge in [-0.15, -0.1) is 0 Å². The number of anilines is 1. The lowest BCUT2D eigenvalue weighted by Gasteiger charge is -2.10. The molecular weight excluding hydrogens is 252 g/mol. The summed E-state index contributed by atoms with van der Waals surface area (Å²) in [7, 11) is 0. The maximum absolute atomic E-state index is 10.6. The average Bonchev–Trinajstić information content (AvgIpc) is 2.47. The summed E-state index contributed by atoms with van der Waals surface area (Å²) in [6.45, 7) is 2.03. The van der Waals surface area contributed by atoms with Crippen molar-refractivity contribution in [3.8, 4) is 0 Å². The van der Waals surface area contributed by atoms with E-state index >= 15 is 0 Å². The van der Waals surface area contributed by atoms with E-state index in [0.717, 1.165) is 11.3 Å². The standard InChI is InChI=1S/C16H16N2O2/c1-13(7-8-14-5-3-2-4-6-14)17-15-9-11-16(12-10-15)18(19)20/h2-13,17H,1H3/b8-7+. The van der Waals surface area contributed by atoms with Crippen LogP contribution in [0, 0.1) is 10.1 Å². The highest BCUT2D eigenvalue weighted by Crippen LogP contribution is 2.16. The SMILES string of the molecule is CC(/C=C/c1ccccc1)Nc1ccc([N+](=O)[O-])cc1. The van der Waals surface area contributed by atoms with Crippen molar-refractivity contribution in [1.29, 1.82) is 0 Å². The first-order chi connectivity index (χ1) is 9.65. The Morgan fingerprint density at radius 3 is 2.35 bits per heavy atom. The van der Waals surface area contributed by atoms with Crippen molar-refractivity contribution in [2.75, 3.05) is 5.32 Å². The fourth-order valence-electron chi connectivity index (χ4n) is 1.81. The van der Waals surface area contributed by atoms with Gasteiger partial charge in [-0.25, -0.2) is 0 Å². The van der Waals surface area contributed by atoms with Gasteiger partial charge in [0.05, 0.1) is 4.92 Å². The van der Waals surface area contributed by atoms with E-state index in [1.807, 2.05) is 43.3 Å². The maximum Gasteiger partial charge on any atom is 0.269 e. The molecule has 0 heterocycles. The summed E-state index contributed by atoms with van der Waals surface area (Å²) in [5.41, 5.74) is 2.11. The van der Waals surface area contributed by atoms with Crippen LogP contribution in [-0.4, -0.2) is 11.0 Å². The fraction of sp³-hybridized carbons (Fsp3) is 0.125. The summed E-state index contributed by atoms with van der Waals surface area (Å²) in [5, 5.41) is 13.8. The molecule has 4 nitrogen and oxygen atoms in total. The van der Waals surface area contributed by atoms with Crippen LogP contribution in [0.3, 0.4) is 0 Å². The Morgan fingerprint density at radius 2 is 1.75 bits per heavy atom. The van der Waals surface area contributed by atoms with Crippen molar-refractivity contribution in [3.05, 3.63) is 76.4 Å². The van der Waals surface area contributed by atoms with Gasteiger partial charge < -0.3 is 5.32 Å². The third-order valence-electron chi connectivity index (χ3n) is 2.85. The van der Waals surface area contributed by atoms with Gasteiger partial charge in [0.2, 0.25) is 0 Å². The van der Waals surface area contributed by atoms with E-state index in [1.54, 1.807) is 12.1 Å². The van der Waals surface area contributed by atoms with Gasteiger partial charge in [-0.05, 0) is 24.6 Å². The first kappa shape index (κ1) is 13.8. The first-order valence-corrected chi connectivity index (χ1v) is 6.39. The highest BCUT2D eigenvalue weighted by Gasteiger charge is 2.04. The molecule has 0 aromatic heterocycles. The van der Waals surface area contributed by atoms with Gasteiger partial charge in [0, 0.05) is 23.9 Å². The van der Waals surface area contributed by atoms with Crippen LogP contribution in [0.25, 0.3) is 6.08 Å². The van der Waals surface area contributed by atoms with Gasteiger partial charge >= 0.3 is 0 Å². The third-order valence-corrected chi connectivity index (χ3v) is 2.85. The van der Waals surface area contributed by atoms with Gasteiger partial charge in [-0.3, -0.25) is 10.1 Å². The zero-order valence-electron chi connectivity index (χ0n) is 11.2. The van der Waals surface area contributed by atoms with Crippen molar-refractivity contribution in [3.63, 3.8) is 0 Å². The van der Waals surface area contributed by atoms with Crippen LogP contribution in [-0.2, 0) is 0 Å². The van der Waals surface area contributed by atoms with Crippen molar-refractivity contribution in [2.45, 2.75) is 13.0 Å². The normalized spacial score (nSPS) is 12.2. The first-order valence-electron chi connectivity index (χ1n) is 6.39. The molecule has 0 saturated heterocycles. The van der Waals surface area contributed by atoms with Gasteiger partial charge in [0.15, 0.2) is 0 Å². The van der Waals surface area contributed by atoms with E-state index in [9.17, 15) is 10.1 Å². The molecule has 2 aromatic carbocycles. The Bertz CT molecular complexity index is 592. The summed E-state index contributed by atoms with van der Waals surface area (Å²) >= 11 is 0. The zero-order valence-corrected chi connectivity index (χ0v) is 11.2. The predicted octanol–water partition coefficient (Wildman–Crippen LogP) is 4.11. The second-order valence-corrected chi connectivity index (χ2v) is 4.51. The van der Waals surface area contributed by atoms with E-state index in [-0.39, 0.29) is 11.7 Å². The van der Waals surface area contributed by atoms with Gasteiger partial charge in [0.25, 0.3) is 5.69 Å². The maximum atomic E-state index is 10.6. The van der Waals surface area contributed by atoms with Crippen molar-refractivity contribution in [2.24, 2.45) is 0 Å². The molecule has 0 aliphatic rings. The van der Waals surface area contributed by atoms with Crippen LogP contribution in [0.4, 0.5) is 11.4 Å². The molecule has 0 spiro atoms. The molecule has 0 aliphatic heterocycles. The van der Waals surface area contributed by atoms with E-state index in [1.165, 1.54) is 12.1 Å². The minimum absolute atomic E-state index is 0.100. The molecule has 0 amide bonds. The molecule has 4 heteroatoms. The van der Waals surface area contributed by atoms with Crippen LogP contribution >= 0.6 is 0 Å². The molecular formula is C16H16N2O2. The highest BCUT2D eigenvalue weighted by atomic mass is 16.6. The van der Waals surface area contributed by atoms with Crippen LogP contribution in [0.1, 0.15) is 12.5 Å². The topological polar surface area (TPSA) is 55.2 Å². The number of nitrogens with one attached hydrogen (secondary N) is 1. The molecule has 0 radical (unpaired) electrons. The molecule has 0 saturated carbocycles. The molecule has 0 fully saturated rings. The summed E-state index contributed by atoms with van der Waals surface area (Å²) < 4.78 is 0. The Kier molecular flexibility index (Phi) is 4.50. The summed E-state index contributed by atoms with van der Waals surface area (Å²) in [4.78, 5) is 10.2. The quantitative estimate of drug-likeness (QED) is 0.656. The smallest absolute Gasteiger partial charge is 0.269 e. The number of nitro groups is 1. The average molecular weight is 268 g/mol. The monoisotopic (exact) mass is 268 g/mol. The van der Waals surface area contributed by atoms with Gasteiger partial charge in [0.1, 0.15) is 0 Å². The number of nitrogens with zero attached hydrogens (tertiary/aromatic N) is 1. The number of nitro benzene ring substituents is 1. The minimum Gasteiger partial charge on any atom is -0.379 e. The second kappa shape index (κ2) is 6.52. The Labute approximate surface area is 117 Å². The van der Waals surface area contributed by atoms with E-state index < -0.39 is 4.92 Å². The number of hydrogen-bond donors (Lipinski definition) is 1. The molecule has 2 rings (SSSR count). The van der Waals surface area contributed by atoms with Crippen molar-refractivity contribution >= 4 is 17.5 Å². The molecule has 0 bridgehead atoms. The number of rotatable bonds is 5. The van der Waals surface area contributed by atoms with E-state index in [4.69, 9.17) is 0 Å². The fourth-order valence-corrected chi connectivity index (χ4v) is 1.81. The number of hydrogen-bond acceptors (Lipinski definition) is 3. The Morgan fingerprint density at radius 1 is 1.10 bits per heavy atom. The minimum atomic E-state index is -0.400. The molecule has 20 heavy (non-hydrogen) atoms. The lowest BCUT2D eigenvalue weighted by Crippen LogP contribution is -2.11. The Balaban J connectivity index is 1.96. The number of non-ortho nitro benzene ring substituents is 1. The molecule has 1 N–H and O–H groups in total. The van der Waals surface area contributed by atoms with Gasteiger partial charge in [-0.1, -0.05) is 42.5 Å². The van der Waals surface area contributed by atoms with Crippen molar-refractivity contribution in [1.82, 2.24) is 0 Å². The molecule has 1 atom stereocenters. The van der Waals surface area contributed by atoms with Crippen LogP contribution in [0.5, 0.6) is 0 Å². The second-order valence-electron chi connectivity index (χ2n) is 4.51. The van der Waals surface area contributed by atoms with Crippen LogP contribution in [0.2, 0.25) is 0 Å². The number of benzene rings is 2.